The minimum absolute atomic E-state index is 0.0775. The van der Waals surface area contributed by atoms with Crippen molar-refractivity contribution in [1.29, 1.82) is 0 Å². The van der Waals surface area contributed by atoms with Crippen molar-refractivity contribution in [1.82, 2.24) is 0 Å². The van der Waals surface area contributed by atoms with Gasteiger partial charge in [-0.25, -0.2) is 16.8 Å². The minimum Gasteiger partial charge on any atom is -0.224 e. The second kappa shape index (κ2) is 5.03. The Hall–Kier alpha value is -1.66. The number of rotatable bonds is 3. The molecule has 4 nitrogen and oxygen atoms in total. The molecule has 0 spiro atoms. The quantitative estimate of drug-likeness (QED) is 0.872. The van der Waals surface area contributed by atoms with E-state index in [4.69, 9.17) is 0 Å². The molecule has 0 fully saturated rings. The molecule has 20 heavy (non-hydrogen) atoms. The van der Waals surface area contributed by atoms with E-state index in [0.29, 0.717) is 0 Å². The number of hydrogen-bond acceptors (Lipinski definition) is 4. The third-order valence-electron chi connectivity index (χ3n) is 2.89. The Morgan fingerprint density at radius 1 is 0.650 bits per heavy atom. The van der Waals surface area contributed by atoms with Gasteiger partial charge in [-0.15, -0.1) is 0 Å². The van der Waals surface area contributed by atoms with Crippen molar-refractivity contribution in [3.8, 4) is 0 Å². The fraction of sp³-hybridized carbons (Fsp3) is 0.143. The van der Waals surface area contributed by atoms with Crippen molar-refractivity contribution in [3.63, 3.8) is 0 Å². The van der Waals surface area contributed by atoms with Crippen LogP contribution in [0.1, 0.15) is 5.56 Å². The van der Waals surface area contributed by atoms with Crippen LogP contribution in [0.3, 0.4) is 0 Å². The van der Waals surface area contributed by atoms with Crippen molar-refractivity contribution < 1.29 is 16.8 Å². The molecule has 2 rings (SSSR count). The highest BCUT2D eigenvalue weighted by molar-refractivity contribution is 7.91. The van der Waals surface area contributed by atoms with Gasteiger partial charge >= 0.3 is 0 Å². The van der Waals surface area contributed by atoms with Gasteiger partial charge in [-0.1, -0.05) is 17.7 Å². The molecule has 0 saturated heterocycles. The van der Waals surface area contributed by atoms with Gasteiger partial charge in [0.15, 0.2) is 9.84 Å². The normalized spacial score (nSPS) is 12.3. The summed E-state index contributed by atoms with van der Waals surface area (Å²) < 4.78 is 47.4. The Kier molecular flexibility index (Phi) is 3.71. The van der Waals surface area contributed by atoms with E-state index >= 15 is 0 Å². The molecule has 0 aliphatic heterocycles. The fourth-order valence-corrected chi connectivity index (χ4v) is 3.61. The Labute approximate surface area is 118 Å². The minimum atomic E-state index is -3.61. The van der Waals surface area contributed by atoms with Crippen molar-refractivity contribution >= 4 is 19.7 Å². The Morgan fingerprint density at radius 3 is 1.40 bits per heavy atom. The molecule has 0 saturated carbocycles. The van der Waals surface area contributed by atoms with Crippen molar-refractivity contribution in [2.45, 2.75) is 21.6 Å². The average molecular weight is 310 g/mol. The molecule has 0 heterocycles. The van der Waals surface area contributed by atoms with Crippen LogP contribution in [0.15, 0.2) is 63.2 Å². The van der Waals surface area contributed by atoms with Gasteiger partial charge in [-0.3, -0.25) is 0 Å². The van der Waals surface area contributed by atoms with E-state index in [-0.39, 0.29) is 14.7 Å². The molecular weight excluding hydrogens is 296 g/mol. The first-order chi connectivity index (χ1) is 9.21. The Morgan fingerprint density at radius 2 is 1.00 bits per heavy atom. The van der Waals surface area contributed by atoms with Crippen molar-refractivity contribution in [3.05, 3.63) is 54.1 Å². The first kappa shape index (κ1) is 14.7. The zero-order chi connectivity index (χ0) is 15.0. The molecule has 0 aliphatic rings. The molecule has 0 bridgehead atoms. The summed E-state index contributed by atoms with van der Waals surface area (Å²) in [5, 5.41) is 0. The van der Waals surface area contributed by atoms with Crippen molar-refractivity contribution in [2.24, 2.45) is 0 Å². The molecule has 106 valence electrons. The molecule has 0 N–H and O–H groups in total. The number of benzene rings is 2. The predicted octanol–water partition coefficient (Wildman–Crippen LogP) is 2.23. The monoisotopic (exact) mass is 310 g/mol. The number of aryl methyl sites for hydroxylation is 1. The van der Waals surface area contributed by atoms with Crippen LogP contribution in [0.5, 0.6) is 0 Å². The molecule has 2 aromatic carbocycles. The van der Waals surface area contributed by atoms with Gasteiger partial charge in [0.05, 0.1) is 14.7 Å². The fourth-order valence-electron chi connectivity index (χ4n) is 1.72. The Balaban J connectivity index is 2.48. The summed E-state index contributed by atoms with van der Waals surface area (Å²) in [6.45, 7) is 1.87. The zero-order valence-corrected chi connectivity index (χ0v) is 12.7. The summed E-state index contributed by atoms with van der Waals surface area (Å²) in [4.78, 5) is 0.365. The van der Waals surface area contributed by atoms with E-state index in [1.165, 1.54) is 36.4 Å². The highest BCUT2D eigenvalue weighted by Gasteiger charge is 2.18. The lowest BCUT2D eigenvalue weighted by molar-refractivity contribution is 0.594. The molecule has 0 amide bonds. The SMILES string of the molecule is Cc1ccc(S(=O)(=O)c2ccc(S(C)(=O)=O)cc2)cc1. The molecule has 0 aliphatic carbocycles. The van der Waals surface area contributed by atoms with Gasteiger partial charge in [0.25, 0.3) is 0 Å². The maximum Gasteiger partial charge on any atom is 0.206 e. The van der Waals surface area contributed by atoms with E-state index < -0.39 is 19.7 Å². The average Bonchev–Trinajstić information content (AvgIpc) is 2.38. The van der Waals surface area contributed by atoms with E-state index in [1.54, 1.807) is 12.1 Å². The number of sulfone groups is 2. The van der Waals surface area contributed by atoms with Crippen LogP contribution in [0.4, 0.5) is 0 Å². The summed E-state index contributed by atoms with van der Waals surface area (Å²) in [6, 6.07) is 11.7. The molecule has 2 aromatic rings. The van der Waals surface area contributed by atoms with Crippen LogP contribution >= 0.6 is 0 Å². The first-order valence-electron chi connectivity index (χ1n) is 5.83. The lowest BCUT2D eigenvalue weighted by Crippen LogP contribution is -2.03. The smallest absolute Gasteiger partial charge is 0.206 e. The van der Waals surface area contributed by atoms with Gasteiger partial charge in [0, 0.05) is 6.26 Å². The molecule has 0 unspecified atom stereocenters. The largest absolute Gasteiger partial charge is 0.224 e. The summed E-state index contributed by atoms with van der Waals surface area (Å²) in [7, 11) is -6.94. The molecule has 6 heteroatoms. The van der Waals surface area contributed by atoms with E-state index in [0.717, 1.165) is 11.8 Å². The molecular formula is C14H14O4S2. The third kappa shape index (κ3) is 2.91. The molecule has 0 atom stereocenters. The van der Waals surface area contributed by atoms with Crippen molar-refractivity contribution in [2.75, 3.05) is 6.26 Å². The van der Waals surface area contributed by atoms with Gasteiger partial charge < -0.3 is 0 Å². The summed E-state index contributed by atoms with van der Waals surface area (Å²) in [5.74, 6) is 0. The summed E-state index contributed by atoms with van der Waals surface area (Å²) in [5.41, 5.74) is 0.969. The second-order valence-electron chi connectivity index (χ2n) is 4.56. The summed E-state index contributed by atoms with van der Waals surface area (Å²) in [6.07, 6.45) is 1.08. The standard InChI is InChI=1S/C14H14O4S2/c1-11-3-5-13(6-4-11)20(17,18)14-9-7-12(8-10-14)19(2,15)16/h3-10H,1-2H3. The maximum atomic E-state index is 12.4. The Bertz CT molecular complexity index is 816. The van der Waals surface area contributed by atoms with E-state index in [1.807, 2.05) is 6.92 Å². The lowest BCUT2D eigenvalue weighted by Gasteiger charge is -2.06. The topological polar surface area (TPSA) is 68.3 Å². The van der Waals surface area contributed by atoms with Crippen LogP contribution in [-0.2, 0) is 19.7 Å². The maximum absolute atomic E-state index is 12.4. The lowest BCUT2D eigenvalue weighted by atomic mass is 10.2. The highest BCUT2D eigenvalue weighted by atomic mass is 32.2. The van der Waals surface area contributed by atoms with E-state index in [9.17, 15) is 16.8 Å². The second-order valence-corrected chi connectivity index (χ2v) is 8.53. The zero-order valence-electron chi connectivity index (χ0n) is 11.1. The van der Waals surface area contributed by atoms with E-state index in [2.05, 4.69) is 0 Å². The number of hydrogen-bond donors (Lipinski definition) is 0. The van der Waals surface area contributed by atoms with Gasteiger partial charge in [-0.05, 0) is 43.3 Å². The van der Waals surface area contributed by atoms with Crippen LogP contribution < -0.4 is 0 Å². The van der Waals surface area contributed by atoms with Crippen LogP contribution in [0, 0.1) is 6.92 Å². The third-order valence-corrected chi connectivity index (χ3v) is 5.81. The van der Waals surface area contributed by atoms with Crippen LogP contribution in [0.2, 0.25) is 0 Å². The van der Waals surface area contributed by atoms with Gasteiger partial charge in [0.1, 0.15) is 0 Å². The summed E-state index contributed by atoms with van der Waals surface area (Å²) >= 11 is 0. The first-order valence-corrected chi connectivity index (χ1v) is 9.20. The van der Waals surface area contributed by atoms with Crippen LogP contribution in [0.25, 0.3) is 0 Å². The predicted molar refractivity (Wildman–Crippen MR) is 76.2 cm³/mol. The van der Waals surface area contributed by atoms with Gasteiger partial charge in [0.2, 0.25) is 9.84 Å². The highest BCUT2D eigenvalue weighted by Crippen LogP contribution is 2.22. The molecule has 0 aromatic heterocycles. The van der Waals surface area contributed by atoms with Gasteiger partial charge in [-0.2, -0.15) is 0 Å². The van der Waals surface area contributed by atoms with Crippen LogP contribution in [-0.4, -0.2) is 23.1 Å². The molecule has 0 radical (unpaired) electrons.